The predicted molar refractivity (Wildman–Crippen MR) is 126 cm³/mol. The van der Waals surface area contributed by atoms with Crippen molar-refractivity contribution in [2.45, 2.75) is 52.6 Å². The van der Waals surface area contributed by atoms with Gasteiger partial charge in [0.25, 0.3) is 0 Å². The highest BCUT2D eigenvalue weighted by Gasteiger charge is 2.12. The number of unbranched alkanes of at least 4 members (excludes halogenated alkanes) is 2. The number of carbonyl (C=O) groups is 1. The van der Waals surface area contributed by atoms with Crippen molar-refractivity contribution in [2.24, 2.45) is 0 Å². The minimum absolute atomic E-state index is 0.109. The molecule has 0 fully saturated rings. The SMILES string of the molecule is Cc1ccc(CNC(=O)CCCCCn2cnc3c(N)nc4ccccc4c32)c(C)c1. The molecule has 0 aliphatic rings. The van der Waals surface area contributed by atoms with E-state index in [1.807, 2.05) is 24.5 Å². The average Bonchev–Trinajstić information content (AvgIpc) is 3.18. The number of nitrogen functional groups attached to an aromatic ring is 1. The van der Waals surface area contributed by atoms with E-state index in [0.717, 1.165) is 47.7 Å². The van der Waals surface area contributed by atoms with Crippen LogP contribution in [-0.2, 0) is 17.9 Å². The monoisotopic (exact) mass is 415 g/mol. The molecule has 31 heavy (non-hydrogen) atoms. The van der Waals surface area contributed by atoms with E-state index < -0.39 is 0 Å². The summed E-state index contributed by atoms with van der Waals surface area (Å²) in [6.07, 6.45) is 5.22. The first-order valence-corrected chi connectivity index (χ1v) is 10.8. The van der Waals surface area contributed by atoms with Crippen LogP contribution >= 0.6 is 0 Å². The van der Waals surface area contributed by atoms with Crippen molar-refractivity contribution in [3.8, 4) is 0 Å². The number of amides is 1. The number of hydrogen-bond acceptors (Lipinski definition) is 4. The summed E-state index contributed by atoms with van der Waals surface area (Å²) < 4.78 is 2.15. The zero-order valence-corrected chi connectivity index (χ0v) is 18.2. The topological polar surface area (TPSA) is 85.8 Å². The smallest absolute Gasteiger partial charge is 0.220 e. The van der Waals surface area contributed by atoms with E-state index in [4.69, 9.17) is 5.73 Å². The van der Waals surface area contributed by atoms with E-state index in [0.29, 0.717) is 18.8 Å². The first-order chi connectivity index (χ1) is 15.0. The maximum Gasteiger partial charge on any atom is 0.220 e. The third kappa shape index (κ3) is 4.68. The molecule has 4 rings (SSSR count). The van der Waals surface area contributed by atoms with E-state index in [1.165, 1.54) is 16.7 Å². The van der Waals surface area contributed by atoms with E-state index in [9.17, 15) is 4.79 Å². The van der Waals surface area contributed by atoms with E-state index in [-0.39, 0.29) is 5.91 Å². The Hall–Kier alpha value is -3.41. The molecule has 0 saturated carbocycles. The van der Waals surface area contributed by atoms with Gasteiger partial charge in [0, 0.05) is 24.9 Å². The minimum Gasteiger partial charge on any atom is -0.382 e. The molecule has 6 nitrogen and oxygen atoms in total. The zero-order chi connectivity index (χ0) is 21.8. The van der Waals surface area contributed by atoms with Crippen LogP contribution in [0.3, 0.4) is 0 Å². The normalized spacial score (nSPS) is 11.3. The van der Waals surface area contributed by atoms with Crippen molar-refractivity contribution in [1.82, 2.24) is 19.9 Å². The molecule has 0 aliphatic carbocycles. The molecule has 1 amide bonds. The van der Waals surface area contributed by atoms with Crippen LogP contribution < -0.4 is 11.1 Å². The molecular formula is C25H29N5O. The zero-order valence-electron chi connectivity index (χ0n) is 18.2. The number of fused-ring (bicyclic) bond motifs is 3. The Kier molecular flexibility index (Phi) is 6.16. The van der Waals surface area contributed by atoms with Crippen molar-refractivity contribution in [1.29, 1.82) is 0 Å². The fourth-order valence-electron chi connectivity index (χ4n) is 4.05. The number of nitrogens with two attached hydrogens (primary N) is 1. The number of carbonyl (C=O) groups excluding carboxylic acids is 1. The second kappa shape index (κ2) is 9.16. The summed E-state index contributed by atoms with van der Waals surface area (Å²) in [6.45, 7) is 5.60. The summed E-state index contributed by atoms with van der Waals surface area (Å²) >= 11 is 0. The van der Waals surface area contributed by atoms with Crippen LogP contribution in [0.2, 0.25) is 0 Å². The summed E-state index contributed by atoms with van der Waals surface area (Å²) in [4.78, 5) is 21.1. The van der Waals surface area contributed by atoms with Gasteiger partial charge in [0.2, 0.25) is 5.91 Å². The van der Waals surface area contributed by atoms with Gasteiger partial charge in [-0.15, -0.1) is 0 Å². The lowest BCUT2D eigenvalue weighted by atomic mass is 10.1. The Morgan fingerprint density at radius 2 is 1.94 bits per heavy atom. The number of aromatic nitrogens is 3. The summed E-state index contributed by atoms with van der Waals surface area (Å²) in [6, 6.07) is 14.3. The Balaban J connectivity index is 1.27. The largest absolute Gasteiger partial charge is 0.382 e. The summed E-state index contributed by atoms with van der Waals surface area (Å²) in [5.74, 6) is 0.575. The quantitative estimate of drug-likeness (QED) is 0.410. The lowest BCUT2D eigenvalue weighted by Gasteiger charge is -2.09. The maximum absolute atomic E-state index is 12.2. The number of rotatable bonds is 8. The van der Waals surface area contributed by atoms with E-state index in [2.05, 4.69) is 58.0 Å². The second-order valence-electron chi connectivity index (χ2n) is 8.17. The number of nitrogens with zero attached hydrogens (tertiary/aromatic N) is 3. The number of para-hydroxylation sites is 1. The maximum atomic E-state index is 12.2. The highest BCUT2D eigenvalue weighted by Crippen LogP contribution is 2.27. The Bertz CT molecular complexity index is 1230. The fourth-order valence-corrected chi connectivity index (χ4v) is 4.05. The first-order valence-electron chi connectivity index (χ1n) is 10.8. The molecule has 2 aromatic carbocycles. The lowest BCUT2D eigenvalue weighted by Crippen LogP contribution is -2.22. The van der Waals surface area contributed by atoms with Crippen molar-refractivity contribution in [3.63, 3.8) is 0 Å². The Morgan fingerprint density at radius 1 is 1.10 bits per heavy atom. The highest BCUT2D eigenvalue weighted by molar-refractivity contribution is 6.06. The molecule has 0 saturated heterocycles. The molecule has 6 heteroatoms. The molecule has 2 heterocycles. The van der Waals surface area contributed by atoms with Crippen molar-refractivity contribution >= 4 is 33.7 Å². The Labute approximate surface area is 182 Å². The van der Waals surface area contributed by atoms with Crippen molar-refractivity contribution in [2.75, 3.05) is 5.73 Å². The Morgan fingerprint density at radius 3 is 2.77 bits per heavy atom. The van der Waals surface area contributed by atoms with Gasteiger partial charge in [-0.1, -0.05) is 48.4 Å². The number of benzene rings is 2. The van der Waals surface area contributed by atoms with Gasteiger partial charge in [0.1, 0.15) is 5.52 Å². The van der Waals surface area contributed by atoms with Crippen LogP contribution in [-0.4, -0.2) is 20.4 Å². The summed E-state index contributed by atoms with van der Waals surface area (Å²) in [5, 5.41) is 4.10. The van der Waals surface area contributed by atoms with Crippen LogP contribution in [0.5, 0.6) is 0 Å². The average molecular weight is 416 g/mol. The van der Waals surface area contributed by atoms with Gasteiger partial charge in [-0.25, -0.2) is 9.97 Å². The van der Waals surface area contributed by atoms with Gasteiger partial charge in [-0.3, -0.25) is 4.79 Å². The van der Waals surface area contributed by atoms with Crippen LogP contribution in [0.4, 0.5) is 5.82 Å². The summed E-state index contributed by atoms with van der Waals surface area (Å²) in [7, 11) is 0. The molecule has 0 unspecified atom stereocenters. The molecule has 0 atom stereocenters. The van der Waals surface area contributed by atoms with Gasteiger partial charge in [-0.2, -0.15) is 0 Å². The summed E-state index contributed by atoms with van der Waals surface area (Å²) in [5.41, 5.74) is 12.4. The van der Waals surface area contributed by atoms with Gasteiger partial charge in [0.15, 0.2) is 5.82 Å². The van der Waals surface area contributed by atoms with E-state index >= 15 is 0 Å². The third-order valence-corrected chi connectivity index (χ3v) is 5.76. The number of nitrogens with one attached hydrogen (secondary N) is 1. The third-order valence-electron chi connectivity index (χ3n) is 5.76. The number of hydrogen-bond donors (Lipinski definition) is 2. The predicted octanol–water partition coefficient (Wildman–Crippen LogP) is 4.66. The standard InChI is InChI=1S/C25H29N5O/c1-17-11-12-19(18(2)14-17)15-27-22(31)10-4-3-7-13-30-16-28-23-24(30)20-8-5-6-9-21(20)29-25(23)26/h5-6,8-9,11-12,14,16H,3-4,7,10,13,15H2,1-2H3,(H2,26,29)(H,27,31). The lowest BCUT2D eigenvalue weighted by molar-refractivity contribution is -0.121. The van der Waals surface area contributed by atoms with Crippen LogP contribution in [0, 0.1) is 13.8 Å². The number of imidazole rings is 1. The first kappa shape index (κ1) is 20.8. The fraction of sp³-hybridized carbons (Fsp3) is 0.320. The number of anilines is 1. The van der Waals surface area contributed by atoms with Crippen LogP contribution in [0.1, 0.15) is 42.4 Å². The van der Waals surface area contributed by atoms with Crippen molar-refractivity contribution in [3.05, 3.63) is 65.5 Å². The van der Waals surface area contributed by atoms with Gasteiger partial charge in [-0.05, 0) is 43.9 Å². The van der Waals surface area contributed by atoms with Gasteiger partial charge in [0.05, 0.1) is 17.4 Å². The van der Waals surface area contributed by atoms with Gasteiger partial charge < -0.3 is 15.6 Å². The molecule has 160 valence electrons. The molecular weight excluding hydrogens is 386 g/mol. The molecule has 3 N–H and O–H groups in total. The van der Waals surface area contributed by atoms with Crippen LogP contribution in [0.15, 0.2) is 48.8 Å². The molecule has 0 radical (unpaired) electrons. The van der Waals surface area contributed by atoms with Crippen LogP contribution in [0.25, 0.3) is 21.9 Å². The minimum atomic E-state index is 0.109. The van der Waals surface area contributed by atoms with Crippen molar-refractivity contribution < 1.29 is 4.79 Å². The molecule has 0 bridgehead atoms. The van der Waals surface area contributed by atoms with Gasteiger partial charge >= 0.3 is 0 Å². The molecule has 0 aliphatic heterocycles. The second-order valence-corrected chi connectivity index (χ2v) is 8.17. The molecule has 0 spiro atoms. The highest BCUT2D eigenvalue weighted by atomic mass is 16.1. The number of aryl methyl sites for hydroxylation is 3. The molecule has 4 aromatic rings. The molecule has 2 aromatic heterocycles. The number of pyridine rings is 1. The van der Waals surface area contributed by atoms with E-state index in [1.54, 1.807) is 0 Å².